The van der Waals surface area contributed by atoms with Crippen LogP contribution in [0.3, 0.4) is 0 Å². The number of esters is 1. The smallest absolute Gasteiger partial charge is 0.329 e. The van der Waals surface area contributed by atoms with Crippen molar-refractivity contribution in [3.05, 3.63) is 42.2 Å². The number of rotatable bonds is 9. The lowest BCUT2D eigenvalue weighted by Crippen LogP contribution is -2.32. The standard InChI is InChI=1S/C23H31ClN2O2/c1-5-6-7-8-9-10-17-15-25-21(26-16-17)18-11-13-19(14-12-18)28-22(27)20(24)23(2,3)4/h11-16,20H,5-10H2,1-4H3. The van der Waals surface area contributed by atoms with Crippen LogP contribution in [0.4, 0.5) is 0 Å². The molecule has 0 N–H and O–H groups in total. The first kappa shape index (κ1) is 22.4. The minimum atomic E-state index is -0.704. The summed E-state index contributed by atoms with van der Waals surface area (Å²) in [6.45, 7) is 7.94. The van der Waals surface area contributed by atoms with Gasteiger partial charge in [0.2, 0.25) is 0 Å². The van der Waals surface area contributed by atoms with Crippen LogP contribution in [-0.4, -0.2) is 21.3 Å². The number of carbonyl (C=O) groups excluding carboxylic acids is 1. The van der Waals surface area contributed by atoms with Gasteiger partial charge in [-0.15, -0.1) is 11.6 Å². The lowest BCUT2D eigenvalue weighted by Gasteiger charge is -2.23. The number of aryl methyl sites for hydroxylation is 1. The van der Waals surface area contributed by atoms with Gasteiger partial charge in [0.15, 0.2) is 5.82 Å². The van der Waals surface area contributed by atoms with E-state index < -0.39 is 11.3 Å². The minimum absolute atomic E-state index is 0.357. The Hall–Kier alpha value is -1.94. The molecule has 1 aromatic carbocycles. The lowest BCUT2D eigenvalue weighted by atomic mass is 9.92. The average Bonchev–Trinajstić information content (AvgIpc) is 2.67. The fraction of sp³-hybridized carbons (Fsp3) is 0.522. The third-order valence-electron chi connectivity index (χ3n) is 4.57. The van der Waals surface area contributed by atoms with Gasteiger partial charge in [-0.1, -0.05) is 53.4 Å². The molecular formula is C23H31ClN2O2. The Balaban J connectivity index is 1.91. The molecule has 28 heavy (non-hydrogen) atoms. The second kappa shape index (κ2) is 10.6. The normalized spacial score (nSPS) is 12.6. The Bertz CT molecular complexity index is 737. The highest BCUT2D eigenvalue weighted by Gasteiger charge is 2.30. The molecular weight excluding hydrogens is 372 g/mol. The summed E-state index contributed by atoms with van der Waals surface area (Å²) in [4.78, 5) is 21.1. The van der Waals surface area contributed by atoms with Gasteiger partial charge in [0.1, 0.15) is 11.1 Å². The molecule has 0 saturated heterocycles. The van der Waals surface area contributed by atoms with E-state index in [0.717, 1.165) is 12.0 Å². The largest absolute Gasteiger partial charge is 0.425 e. The Morgan fingerprint density at radius 2 is 1.64 bits per heavy atom. The predicted octanol–water partition coefficient (Wildman–Crippen LogP) is 6.22. The molecule has 1 heterocycles. The fourth-order valence-corrected chi connectivity index (χ4v) is 2.80. The van der Waals surface area contributed by atoms with Gasteiger partial charge in [0.05, 0.1) is 0 Å². The number of hydrogen-bond acceptors (Lipinski definition) is 4. The molecule has 0 aliphatic rings. The molecule has 4 nitrogen and oxygen atoms in total. The highest BCUT2D eigenvalue weighted by atomic mass is 35.5. The van der Waals surface area contributed by atoms with Crippen LogP contribution in [0.15, 0.2) is 36.7 Å². The van der Waals surface area contributed by atoms with Crippen molar-refractivity contribution in [2.75, 3.05) is 0 Å². The van der Waals surface area contributed by atoms with Gasteiger partial charge in [-0.25, -0.2) is 9.97 Å². The number of alkyl halides is 1. The first-order valence-corrected chi connectivity index (χ1v) is 10.5. The van der Waals surface area contributed by atoms with E-state index >= 15 is 0 Å². The molecule has 0 fully saturated rings. The van der Waals surface area contributed by atoms with Gasteiger partial charge >= 0.3 is 5.97 Å². The molecule has 0 spiro atoms. The van der Waals surface area contributed by atoms with Crippen molar-refractivity contribution in [3.63, 3.8) is 0 Å². The van der Waals surface area contributed by atoms with Crippen molar-refractivity contribution in [2.24, 2.45) is 5.41 Å². The summed E-state index contributed by atoms with van der Waals surface area (Å²) in [5, 5.41) is -0.704. The number of carbonyl (C=O) groups is 1. The minimum Gasteiger partial charge on any atom is -0.425 e. The van der Waals surface area contributed by atoms with Gasteiger partial charge in [-0.2, -0.15) is 0 Å². The zero-order valence-corrected chi connectivity index (χ0v) is 18.1. The summed E-state index contributed by atoms with van der Waals surface area (Å²) in [6, 6.07) is 7.18. The quantitative estimate of drug-likeness (QED) is 0.216. The third kappa shape index (κ3) is 6.90. The van der Waals surface area contributed by atoms with Crippen LogP contribution in [-0.2, 0) is 11.2 Å². The molecule has 0 amide bonds. The monoisotopic (exact) mass is 402 g/mol. The Morgan fingerprint density at radius 1 is 1.04 bits per heavy atom. The number of ether oxygens (including phenoxy) is 1. The van der Waals surface area contributed by atoms with Gasteiger partial charge in [-0.3, -0.25) is 4.79 Å². The van der Waals surface area contributed by atoms with Crippen LogP contribution in [0.5, 0.6) is 5.75 Å². The van der Waals surface area contributed by atoms with E-state index in [-0.39, 0.29) is 5.41 Å². The van der Waals surface area contributed by atoms with E-state index in [4.69, 9.17) is 16.3 Å². The maximum absolute atomic E-state index is 12.1. The van der Waals surface area contributed by atoms with E-state index in [1.54, 1.807) is 12.1 Å². The highest BCUT2D eigenvalue weighted by Crippen LogP contribution is 2.27. The van der Waals surface area contributed by atoms with E-state index in [9.17, 15) is 4.79 Å². The second-order valence-corrected chi connectivity index (χ2v) is 8.69. The van der Waals surface area contributed by atoms with Gasteiger partial charge < -0.3 is 4.74 Å². The van der Waals surface area contributed by atoms with Crippen LogP contribution in [0.1, 0.15) is 65.4 Å². The SMILES string of the molecule is CCCCCCCc1cnc(-c2ccc(OC(=O)C(Cl)C(C)(C)C)cc2)nc1. The number of nitrogens with zero attached hydrogens (tertiary/aromatic N) is 2. The molecule has 0 saturated carbocycles. The summed E-state index contributed by atoms with van der Waals surface area (Å²) in [7, 11) is 0. The highest BCUT2D eigenvalue weighted by molar-refractivity contribution is 6.30. The van der Waals surface area contributed by atoms with Gasteiger partial charge in [-0.05, 0) is 48.1 Å². The summed E-state index contributed by atoms with van der Waals surface area (Å²) in [5.74, 6) is 0.686. The molecule has 0 aliphatic heterocycles. The maximum Gasteiger partial charge on any atom is 0.329 e. The molecule has 152 valence electrons. The zero-order valence-electron chi connectivity index (χ0n) is 17.4. The summed E-state index contributed by atoms with van der Waals surface area (Å²) in [5.41, 5.74) is 1.69. The van der Waals surface area contributed by atoms with E-state index in [1.807, 2.05) is 45.3 Å². The Kier molecular flexibility index (Phi) is 8.43. The van der Waals surface area contributed by atoms with Crippen molar-refractivity contribution in [2.45, 2.75) is 71.6 Å². The molecule has 0 bridgehead atoms. The molecule has 0 radical (unpaired) electrons. The second-order valence-electron chi connectivity index (χ2n) is 8.25. The fourth-order valence-electron chi connectivity index (χ4n) is 2.76. The molecule has 2 rings (SSSR count). The van der Waals surface area contributed by atoms with E-state index in [2.05, 4.69) is 16.9 Å². The summed E-state index contributed by atoms with van der Waals surface area (Å²) in [6.07, 6.45) is 11.1. The van der Waals surface area contributed by atoms with E-state index in [0.29, 0.717) is 11.6 Å². The molecule has 2 aromatic rings. The van der Waals surface area contributed by atoms with Crippen molar-refractivity contribution in [3.8, 4) is 17.1 Å². The van der Waals surface area contributed by atoms with Crippen LogP contribution in [0.25, 0.3) is 11.4 Å². The van der Waals surface area contributed by atoms with Crippen molar-refractivity contribution >= 4 is 17.6 Å². The molecule has 1 unspecified atom stereocenters. The third-order valence-corrected chi connectivity index (χ3v) is 5.41. The lowest BCUT2D eigenvalue weighted by molar-refractivity contribution is -0.135. The summed E-state index contributed by atoms with van der Waals surface area (Å²) < 4.78 is 5.37. The number of hydrogen-bond donors (Lipinski definition) is 0. The van der Waals surface area contributed by atoms with Crippen LogP contribution in [0.2, 0.25) is 0 Å². The van der Waals surface area contributed by atoms with Crippen LogP contribution < -0.4 is 4.74 Å². The van der Waals surface area contributed by atoms with Crippen molar-refractivity contribution in [1.29, 1.82) is 0 Å². The molecule has 5 heteroatoms. The number of unbranched alkanes of at least 4 members (excludes halogenated alkanes) is 4. The Morgan fingerprint density at radius 3 is 2.21 bits per heavy atom. The topological polar surface area (TPSA) is 52.1 Å². The molecule has 0 aliphatic carbocycles. The van der Waals surface area contributed by atoms with Crippen LogP contribution >= 0.6 is 11.6 Å². The van der Waals surface area contributed by atoms with Crippen LogP contribution in [0, 0.1) is 5.41 Å². The van der Waals surface area contributed by atoms with Crippen molar-refractivity contribution < 1.29 is 9.53 Å². The first-order valence-electron chi connectivity index (χ1n) is 10.1. The van der Waals surface area contributed by atoms with Crippen molar-refractivity contribution in [1.82, 2.24) is 9.97 Å². The van der Waals surface area contributed by atoms with Gasteiger partial charge in [0, 0.05) is 18.0 Å². The average molecular weight is 403 g/mol. The maximum atomic E-state index is 12.1. The summed E-state index contributed by atoms with van der Waals surface area (Å²) >= 11 is 6.17. The van der Waals surface area contributed by atoms with Gasteiger partial charge in [0.25, 0.3) is 0 Å². The predicted molar refractivity (Wildman–Crippen MR) is 115 cm³/mol. The zero-order chi connectivity index (χ0) is 20.6. The van der Waals surface area contributed by atoms with E-state index in [1.165, 1.54) is 37.7 Å². The number of aromatic nitrogens is 2. The molecule has 1 atom stereocenters. The Labute approximate surface area is 173 Å². The number of benzene rings is 1. The first-order chi connectivity index (χ1) is 13.3. The molecule has 1 aromatic heterocycles. The number of halogens is 1.